The van der Waals surface area contributed by atoms with E-state index in [-0.39, 0.29) is 5.92 Å². The van der Waals surface area contributed by atoms with Gasteiger partial charge in [-0.15, -0.1) is 0 Å². The number of para-hydroxylation sites is 1. The number of aryl methyl sites for hydroxylation is 1. The Bertz CT molecular complexity index is 467. The smallest absolute Gasteiger partial charge is 0.306 e. The van der Waals surface area contributed by atoms with Crippen molar-refractivity contribution in [1.82, 2.24) is 5.01 Å². The molecule has 4 heteroatoms. The van der Waals surface area contributed by atoms with Crippen LogP contribution in [0.25, 0.3) is 0 Å². The highest BCUT2D eigenvalue weighted by molar-refractivity contribution is 5.70. The van der Waals surface area contributed by atoms with Crippen molar-refractivity contribution < 1.29 is 9.90 Å². The van der Waals surface area contributed by atoms with E-state index in [4.69, 9.17) is 5.11 Å². The fraction of sp³-hybridized carbons (Fsp3) is 0.533. The van der Waals surface area contributed by atoms with Gasteiger partial charge in [-0.1, -0.05) is 18.2 Å². The van der Waals surface area contributed by atoms with Crippen LogP contribution in [0, 0.1) is 5.92 Å². The topological polar surface area (TPSA) is 43.8 Å². The van der Waals surface area contributed by atoms with Gasteiger partial charge < -0.3 is 10.1 Å². The second-order valence-corrected chi connectivity index (χ2v) is 5.42. The van der Waals surface area contributed by atoms with Gasteiger partial charge in [-0.2, -0.15) is 0 Å². The number of fused-ring (bicyclic) bond motifs is 1. The lowest BCUT2D eigenvalue weighted by atomic mass is 9.97. The molecular weight excluding hydrogens is 240 g/mol. The molecule has 0 spiro atoms. The molecule has 2 heterocycles. The summed E-state index contributed by atoms with van der Waals surface area (Å²) in [4.78, 5) is 11.0. The lowest BCUT2D eigenvalue weighted by Crippen LogP contribution is -2.50. The molecule has 1 aromatic rings. The first-order chi connectivity index (χ1) is 9.25. The molecular formula is C15H20N2O2. The minimum Gasteiger partial charge on any atom is -0.481 e. The maximum atomic E-state index is 11.0. The predicted octanol–water partition coefficient (Wildman–Crippen LogP) is 2.15. The van der Waals surface area contributed by atoms with Crippen molar-refractivity contribution in [2.75, 3.05) is 24.6 Å². The normalized spacial score (nSPS) is 21.2. The third-order valence-electron chi connectivity index (χ3n) is 4.25. The van der Waals surface area contributed by atoms with Crippen LogP contribution in [0.2, 0.25) is 0 Å². The van der Waals surface area contributed by atoms with Crippen LogP contribution in [0.1, 0.15) is 24.8 Å². The lowest BCUT2D eigenvalue weighted by Gasteiger charge is -2.43. The van der Waals surface area contributed by atoms with E-state index in [1.165, 1.54) is 17.7 Å². The molecule has 0 saturated carbocycles. The number of carboxylic acids is 1. The molecule has 0 aliphatic carbocycles. The second kappa shape index (κ2) is 5.21. The quantitative estimate of drug-likeness (QED) is 0.885. The summed E-state index contributed by atoms with van der Waals surface area (Å²) in [5, 5.41) is 13.7. The molecule has 3 rings (SSSR count). The lowest BCUT2D eigenvalue weighted by molar-refractivity contribution is -0.143. The van der Waals surface area contributed by atoms with Crippen molar-refractivity contribution in [3.05, 3.63) is 29.8 Å². The summed E-state index contributed by atoms with van der Waals surface area (Å²) < 4.78 is 0. The van der Waals surface area contributed by atoms with E-state index < -0.39 is 5.97 Å². The SMILES string of the molecule is O=C(O)C1CCN(N2CCCc3ccccc32)CC1. The number of hydrogen-bond acceptors (Lipinski definition) is 3. The van der Waals surface area contributed by atoms with Crippen molar-refractivity contribution in [2.45, 2.75) is 25.7 Å². The number of carboxylic acid groups (broad SMARTS) is 1. The Morgan fingerprint density at radius 3 is 2.63 bits per heavy atom. The zero-order chi connectivity index (χ0) is 13.2. The minimum atomic E-state index is -0.640. The first kappa shape index (κ1) is 12.5. The molecule has 0 unspecified atom stereocenters. The van der Waals surface area contributed by atoms with Crippen LogP contribution in [0.3, 0.4) is 0 Å². The van der Waals surface area contributed by atoms with Crippen molar-refractivity contribution in [3.63, 3.8) is 0 Å². The number of nitrogens with zero attached hydrogens (tertiary/aromatic N) is 2. The third kappa shape index (κ3) is 2.45. The van der Waals surface area contributed by atoms with Crippen molar-refractivity contribution >= 4 is 11.7 Å². The van der Waals surface area contributed by atoms with E-state index in [1.54, 1.807) is 0 Å². The Labute approximate surface area is 113 Å². The highest BCUT2D eigenvalue weighted by Gasteiger charge is 2.29. The van der Waals surface area contributed by atoms with E-state index in [0.29, 0.717) is 0 Å². The van der Waals surface area contributed by atoms with Gasteiger partial charge in [-0.3, -0.25) is 4.79 Å². The summed E-state index contributed by atoms with van der Waals surface area (Å²) in [6.45, 7) is 2.76. The van der Waals surface area contributed by atoms with Crippen LogP contribution >= 0.6 is 0 Å². The number of hydrogen-bond donors (Lipinski definition) is 1. The van der Waals surface area contributed by atoms with Gasteiger partial charge in [0.15, 0.2) is 0 Å². The Hall–Kier alpha value is -1.55. The van der Waals surface area contributed by atoms with Gasteiger partial charge in [0, 0.05) is 19.6 Å². The molecule has 4 nitrogen and oxygen atoms in total. The molecule has 1 N–H and O–H groups in total. The van der Waals surface area contributed by atoms with Gasteiger partial charge in [0.1, 0.15) is 0 Å². The van der Waals surface area contributed by atoms with Crippen LogP contribution < -0.4 is 5.01 Å². The van der Waals surface area contributed by atoms with E-state index in [2.05, 4.69) is 34.3 Å². The molecule has 0 aromatic heterocycles. The average Bonchev–Trinajstić information content (AvgIpc) is 2.47. The molecule has 0 radical (unpaired) electrons. The van der Waals surface area contributed by atoms with Crippen molar-refractivity contribution in [1.29, 1.82) is 0 Å². The molecule has 1 aromatic carbocycles. The minimum absolute atomic E-state index is 0.156. The zero-order valence-corrected chi connectivity index (χ0v) is 11.1. The number of piperidine rings is 1. The first-order valence-electron chi connectivity index (χ1n) is 7.09. The van der Waals surface area contributed by atoms with Crippen LogP contribution in [0.4, 0.5) is 5.69 Å². The standard InChI is InChI=1S/C15H20N2O2/c18-15(19)13-7-10-16(11-8-13)17-9-3-5-12-4-1-2-6-14(12)17/h1-2,4,6,13H,3,5,7-11H2,(H,18,19). The molecule has 1 saturated heterocycles. The summed E-state index contributed by atoms with van der Waals surface area (Å²) in [6, 6.07) is 8.56. The summed E-state index contributed by atoms with van der Waals surface area (Å²) in [5.41, 5.74) is 2.72. The summed E-state index contributed by atoms with van der Waals surface area (Å²) >= 11 is 0. The molecule has 102 valence electrons. The fourth-order valence-electron chi connectivity index (χ4n) is 3.16. The molecule has 0 bridgehead atoms. The van der Waals surface area contributed by atoms with Gasteiger partial charge in [0.25, 0.3) is 0 Å². The van der Waals surface area contributed by atoms with Crippen molar-refractivity contribution in [2.24, 2.45) is 5.92 Å². The van der Waals surface area contributed by atoms with Gasteiger partial charge in [0.2, 0.25) is 0 Å². The molecule has 0 atom stereocenters. The Kier molecular flexibility index (Phi) is 3.42. The molecule has 19 heavy (non-hydrogen) atoms. The van der Waals surface area contributed by atoms with E-state index >= 15 is 0 Å². The summed E-state index contributed by atoms with van der Waals surface area (Å²) in [6.07, 6.45) is 3.84. The Morgan fingerprint density at radius 2 is 1.89 bits per heavy atom. The predicted molar refractivity (Wildman–Crippen MR) is 74.0 cm³/mol. The van der Waals surface area contributed by atoms with E-state index in [0.717, 1.165) is 38.9 Å². The highest BCUT2D eigenvalue weighted by atomic mass is 16.4. The first-order valence-corrected chi connectivity index (χ1v) is 7.09. The van der Waals surface area contributed by atoms with Gasteiger partial charge in [-0.05, 0) is 37.3 Å². The molecule has 0 amide bonds. The second-order valence-electron chi connectivity index (χ2n) is 5.42. The average molecular weight is 260 g/mol. The maximum Gasteiger partial charge on any atom is 0.306 e. The number of rotatable bonds is 2. The van der Waals surface area contributed by atoms with Crippen LogP contribution in [0.15, 0.2) is 24.3 Å². The van der Waals surface area contributed by atoms with Crippen LogP contribution in [0.5, 0.6) is 0 Å². The number of anilines is 1. The number of aliphatic carboxylic acids is 1. The maximum absolute atomic E-state index is 11.0. The zero-order valence-electron chi connectivity index (χ0n) is 11.1. The molecule has 2 aliphatic rings. The van der Waals surface area contributed by atoms with Gasteiger partial charge >= 0.3 is 5.97 Å². The number of carbonyl (C=O) groups is 1. The highest BCUT2D eigenvalue weighted by Crippen LogP contribution is 2.30. The summed E-state index contributed by atoms with van der Waals surface area (Å²) in [7, 11) is 0. The van der Waals surface area contributed by atoms with Gasteiger partial charge in [0.05, 0.1) is 11.6 Å². The Morgan fingerprint density at radius 1 is 1.16 bits per heavy atom. The van der Waals surface area contributed by atoms with E-state index in [9.17, 15) is 4.79 Å². The Balaban J connectivity index is 1.73. The van der Waals surface area contributed by atoms with Crippen molar-refractivity contribution in [3.8, 4) is 0 Å². The van der Waals surface area contributed by atoms with Crippen LogP contribution in [-0.4, -0.2) is 35.7 Å². The van der Waals surface area contributed by atoms with Crippen LogP contribution in [-0.2, 0) is 11.2 Å². The largest absolute Gasteiger partial charge is 0.481 e. The fourth-order valence-corrected chi connectivity index (χ4v) is 3.16. The number of hydrazine groups is 1. The monoisotopic (exact) mass is 260 g/mol. The van der Waals surface area contributed by atoms with Gasteiger partial charge in [-0.25, -0.2) is 5.01 Å². The molecule has 1 fully saturated rings. The molecule has 2 aliphatic heterocycles. The van der Waals surface area contributed by atoms with E-state index in [1.807, 2.05) is 0 Å². The summed E-state index contributed by atoms with van der Waals surface area (Å²) in [5.74, 6) is -0.796. The third-order valence-corrected chi connectivity index (χ3v) is 4.25. The number of benzene rings is 1.